The second-order valence-electron chi connectivity index (χ2n) is 25.7. The summed E-state index contributed by atoms with van der Waals surface area (Å²) >= 11 is 0. The SMILES string of the molecule is CC(c1ccccc1)[C@@H]1NC(=O)CNC(=O)[C@H](CO)NC(=O)[C@@H](C(O)C2CN(Cc3ccc4ccccc4c3)C(=N)N2[C@H]2O[C@H](CO)[C@@H](O)[C@H](O)[C@@H]2O)NC(=O)[C@H](C(O)C2CN=C(N)N2)NC(=O)[C@@H](Cc2ccc(O[C@H]3O[C@H](CO)[C@@H](O[C@H]4O[C@H](CO)[C@@H](O)[C@H](O)[C@@H]4O)[C@H](O)[C@@H]3O)cc2)NC1=O. The van der Waals surface area contributed by atoms with Crippen molar-refractivity contribution in [2.24, 2.45) is 10.7 Å². The summed E-state index contributed by atoms with van der Waals surface area (Å²) in [6, 6.07) is 13.3. The molecule has 24 N–H and O–H groups in total. The molecule has 37 heteroatoms. The van der Waals surface area contributed by atoms with E-state index in [4.69, 9.17) is 29.4 Å². The summed E-state index contributed by atoms with van der Waals surface area (Å²) in [5.74, 6) is -9.12. The maximum atomic E-state index is 15.4. The van der Waals surface area contributed by atoms with Gasteiger partial charge in [0.05, 0.1) is 51.6 Å². The van der Waals surface area contributed by atoms with E-state index >= 15 is 14.4 Å². The van der Waals surface area contributed by atoms with Crippen LogP contribution in [0.1, 0.15) is 29.5 Å². The molecular weight excluding hydrogens is 1350 g/mol. The predicted molar refractivity (Wildman–Crippen MR) is 349 cm³/mol. The minimum atomic E-state index is -2.41. The Kier molecular flexibility index (Phi) is 24.9. The van der Waals surface area contributed by atoms with Crippen molar-refractivity contribution in [3.8, 4) is 5.75 Å². The maximum absolute atomic E-state index is 15.4. The third-order valence-electron chi connectivity index (χ3n) is 19.0. The first kappa shape index (κ1) is 76.2. The van der Waals surface area contributed by atoms with Gasteiger partial charge in [-0.15, -0.1) is 0 Å². The van der Waals surface area contributed by atoms with Gasteiger partial charge in [-0.05, 0) is 45.7 Å². The molecule has 5 unspecified atom stereocenters. The molecule has 10 rings (SSSR count). The molecule has 102 heavy (non-hydrogen) atoms. The molecule has 6 aliphatic heterocycles. The molecule has 0 spiro atoms. The van der Waals surface area contributed by atoms with Gasteiger partial charge < -0.3 is 148 Å². The molecule has 4 aromatic carbocycles. The Morgan fingerprint density at radius 3 is 1.81 bits per heavy atom. The number of hydrogen-bond acceptors (Lipinski definition) is 29. The van der Waals surface area contributed by atoms with E-state index in [1.54, 1.807) is 49.4 Å². The number of carbonyl (C=O) groups is 6. The Bertz CT molecular complexity index is 3630. The van der Waals surface area contributed by atoms with Gasteiger partial charge in [0.15, 0.2) is 24.4 Å². The van der Waals surface area contributed by atoms with Crippen LogP contribution >= 0.6 is 0 Å². The molecule has 0 aromatic heterocycles. The molecule has 6 aliphatic rings. The van der Waals surface area contributed by atoms with E-state index < -0.39 is 240 Å². The van der Waals surface area contributed by atoms with E-state index in [1.165, 1.54) is 29.2 Å². The van der Waals surface area contributed by atoms with Crippen LogP contribution in [0.2, 0.25) is 0 Å². The fourth-order valence-electron chi connectivity index (χ4n) is 13.1. The number of rotatable bonds is 19. The largest absolute Gasteiger partial charge is 0.462 e. The average Bonchev–Trinajstić information content (AvgIpc) is 1.54. The normalized spacial score (nSPS) is 34.9. The number of hydrogen-bond donors (Lipinski definition) is 23. The number of aliphatic imine (C=N–C) groups is 1. The number of guanidine groups is 2. The van der Waals surface area contributed by atoms with Crippen LogP contribution in [0.5, 0.6) is 5.75 Å². The zero-order chi connectivity index (χ0) is 73.5. The van der Waals surface area contributed by atoms with Crippen LogP contribution in [0.25, 0.3) is 10.8 Å². The summed E-state index contributed by atoms with van der Waals surface area (Å²) in [6.07, 6.45) is -32.2. The Morgan fingerprint density at radius 2 is 1.16 bits per heavy atom. The zero-order valence-electron chi connectivity index (χ0n) is 54.7. The van der Waals surface area contributed by atoms with E-state index in [1.807, 2.05) is 30.3 Å². The second kappa shape index (κ2) is 33.4. The maximum Gasteiger partial charge on any atom is 0.246 e. The van der Waals surface area contributed by atoms with E-state index in [0.717, 1.165) is 15.7 Å². The van der Waals surface area contributed by atoms with Gasteiger partial charge in [-0.3, -0.25) is 39.2 Å². The van der Waals surface area contributed by atoms with Gasteiger partial charge >= 0.3 is 0 Å². The summed E-state index contributed by atoms with van der Waals surface area (Å²) in [5.41, 5.74) is 7.27. The number of nitrogens with one attached hydrogen (secondary N) is 8. The van der Waals surface area contributed by atoms with Gasteiger partial charge in [-0.2, -0.15) is 0 Å². The van der Waals surface area contributed by atoms with Crippen LogP contribution in [-0.2, 0) is 60.7 Å². The molecule has 5 fully saturated rings. The molecule has 0 saturated carbocycles. The zero-order valence-corrected chi connectivity index (χ0v) is 54.7. The van der Waals surface area contributed by atoms with Crippen LogP contribution in [0.4, 0.5) is 0 Å². The van der Waals surface area contributed by atoms with E-state index in [2.05, 4.69) is 42.2 Å². The van der Waals surface area contributed by atoms with Crippen molar-refractivity contribution >= 4 is 58.1 Å². The monoisotopic (exact) mass is 1430 g/mol. The van der Waals surface area contributed by atoms with Crippen LogP contribution in [0, 0.1) is 5.41 Å². The molecular formula is C65H86N12O25. The van der Waals surface area contributed by atoms with Crippen LogP contribution in [-0.4, -0.2) is 321 Å². The first-order valence-electron chi connectivity index (χ1n) is 32.8. The first-order chi connectivity index (χ1) is 48.7. The van der Waals surface area contributed by atoms with Gasteiger partial charge in [0.2, 0.25) is 41.7 Å². The second-order valence-corrected chi connectivity index (χ2v) is 25.7. The van der Waals surface area contributed by atoms with Crippen molar-refractivity contribution in [2.75, 3.05) is 46.1 Å². The van der Waals surface area contributed by atoms with E-state index in [-0.39, 0.29) is 30.4 Å². The molecule has 556 valence electrons. The molecule has 0 bridgehead atoms. The standard InChI is InChI=1S/C65H86N12O25/c1-27(30-7-3-2-4-8-30)42-58(95)70-34(18-28-12-15-33(16-13-28)98-62-54(92)51(89)55(40(26-81)101-62)102-63-53(91)50(88)48(86)39(25-80)100-63)57(94)74-43(45(83)35-19-69-64(66)72-35)60(97)75-44(59(96)71-36(23-78)56(93)68-20-41(82)73-42)46(84)37-22-76(21-29-11-14-31-9-5-6-10-32(31)17-29)65(67)77(37)61-52(90)49(87)47(85)38(24-79)99-61/h2-17,27,34-40,42-55,61-63,67,78-81,83-92H,18-26H2,1H3,(H,68,93)(H,70,95)(H,71,96)(H,73,82)(H,74,94)(H,75,97)(H3,66,69,72)/t27?,34-,35?,36+,37?,38-,39-,40-,42+,43+,44-,45?,46?,47-,48-,49+,50+,51-,52+,53+,54+,55-,61+,62+,63-/m1/s1. The smallest absolute Gasteiger partial charge is 0.246 e. The highest BCUT2D eigenvalue weighted by atomic mass is 16.7. The number of ether oxygens (including phenoxy) is 5. The highest BCUT2D eigenvalue weighted by molar-refractivity contribution is 5.98. The molecule has 25 atom stereocenters. The third kappa shape index (κ3) is 16.8. The summed E-state index contributed by atoms with van der Waals surface area (Å²) in [5, 5.41) is 182. The van der Waals surface area contributed by atoms with Crippen molar-refractivity contribution in [3.63, 3.8) is 0 Å². The number of nitrogens with two attached hydrogens (primary N) is 1. The summed E-state index contributed by atoms with van der Waals surface area (Å²) in [7, 11) is 0. The quantitative estimate of drug-likeness (QED) is 0.0414. The van der Waals surface area contributed by atoms with Crippen LogP contribution < -0.4 is 47.7 Å². The minimum absolute atomic E-state index is 0.0790. The predicted octanol–water partition coefficient (Wildman–Crippen LogP) is -10.3. The lowest BCUT2D eigenvalue weighted by molar-refractivity contribution is -0.352. The summed E-state index contributed by atoms with van der Waals surface area (Å²) in [4.78, 5) is 95.3. The number of aliphatic hydroxyl groups is 14. The lowest BCUT2D eigenvalue weighted by atomic mass is 9.92. The number of fused-ring (bicyclic) bond motifs is 1. The average molecular weight is 1440 g/mol. The fraction of sp³-hybridized carbons (Fsp3) is 0.538. The third-order valence-corrected chi connectivity index (χ3v) is 19.0. The summed E-state index contributed by atoms with van der Waals surface area (Å²) < 4.78 is 28.7. The topological polar surface area (TPSA) is 585 Å². The molecule has 6 heterocycles. The molecule has 4 aromatic rings. The molecule has 0 radical (unpaired) electrons. The van der Waals surface area contributed by atoms with Crippen molar-refractivity contribution in [2.45, 2.75) is 172 Å². The summed E-state index contributed by atoms with van der Waals surface area (Å²) in [6.45, 7) is -4.09. The first-order valence-corrected chi connectivity index (χ1v) is 32.8. The van der Waals surface area contributed by atoms with Gasteiger partial charge in [0.1, 0.15) is 121 Å². The Labute approximate surface area is 581 Å². The van der Waals surface area contributed by atoms with Crippen molar-refractivity contribution in [1.29, 1.82) is 5.41 Å². The van der Waals surface area contributed by atoms with Gasteiger partial charge in [0.25, 0.3) is 0 Å². The van der Waals surface area contributed by atoms with Gasteiger partial charge in [-0.1, -0.05) is 85.8 Å². The lowest BCUT2D eigenvalue weighted by Gasteiger charge is -2.46. The Morgan fingerprint density at radius 1 is 0.578 bits per heavy atom. The number of nitrogens with zero attached hydrogens (tertiary/aromatic N) is 3. The fourth-order valence-corrected chi connectivity index (χ4v) is 13.1. The molecule has 5 saturated heterocycles. The van der Waals surface area contributed by atoms with E-state index in [0.29, 0.717) is 11.1 Å². The lowest BCUT2D eigenvalue weighted by Crippen LogP contribution is -2.69. The molecule has 6 amide bonds. The highest BCUT2D eigenvalue weighted by Gasteiger charge is 2.56. The van der Waals surface area contributed by atoms with Crippen molar-refractivity contribution in [3.05, 3.63) is 114 Å². The number of benzene rings is 4. The minimum Gasteiger partial charge on any atom is -0.462 e. The van der Waals surface area contributed by atoms with Crippen molar-refractivity contribution in [1.82, 2.24) is 47.0 Å². The van der Waals surface area contributed by atoms with Crippen LogP contribution in [0.15, 0.2) is 102 Å². The van der Waals surface area contributed by atoms with Crippen molar-refractivity contribution < 1.29 is 124 Å². The molecule has 37 nitrogen and oxygen atoms in total. The van der Waals surface area contributed by atoms with Crippen LogP contribution in [0.3, 0.4) is 0 Å². The number of aliphatic hydroxyl groups excluding tert-OH is 14. The Balaban J connectivity index is 0.979. The number of amides is 6. The van der Waals surface area contributed by atoms with Gasteiger partial charge in [-0.25, -0.2) is 0 Å². The molecule has 0 aliphatic carbocycles. The van der Waals surface area contributed by atoms with Gasteiger partial charge in [0, 0.05) is 25.4 Å². The Hall–Kier alpha value is -8.42. The van der Waals surface area contributed by atoms with E-state index in [9.17, 15) is 91.3 Å². The highest BCUT2D eigenvalue weighted by Crippen LogP contribution is 2.34. The number of carbonyl (C=O) groups excluding carboxylic acids is 6.